The second-order valence-electron chi connectivity index (χ2n) is 10.8. The number of fused-ring (bicyclic) bond motifs is 4. The molecule has 0 N–H and O–H groups in total. The summed E-state index contributed by atoms with van der Waals surface area (Å²) in [6.07, 6.45) is 0. The summed E-state index contributed by atoms with van der Waals surface area (Å²) in [6, 6.07) is 56.7. The Morgan fingerprint density at radius 1 is 0.244 bits per heavy atom. The van der Waals surface area contributed by atoms with Gasteiger partial charge in [-0.25, -0.2) is 0 Å². The molecule has 0 bridgehead atoms. The molecule has 5 heteroatoms. The summed E-state index contributed by atoms with van der Waals surface area (Å²) >= 11 is -5.32. The van der Waals surface area contributed by atoms with Gasteiger partial charge in [0.25, 0.3) is 0 Å². The van der Waals surface area contributed by atoms with Crippen molar-refractivity contribution in [3.63, 3.8) is 0 Å². The van der Waals surface area contributed by atoms with Crippen molar-refractivity contribution in [3.8, 4) is 23.0 Å². The third-order valence-electron chi connectivity index (χ3n) is 7.94. The van der Waals surface area contributed by atoms with Gasteiger partial charge in [-0.05, 0) is 0 Å². The van der Waals surface area contributed by atoms with Gasteiger partial charge in [0.1, 0.15) is 0 Å². The van der Waals surface area contributed by atoms with E-state index in [0.717, 1.165) is 43.1 Å². The fourth-order valence-corrected chi connectivity index (χ4v) is 10.8. The van der Waals surface area contributed by atoms with E-state index in [4.69, 9.17) is 11.3 Å². The first-order chi connectivity index (χ1) is 22.2. The Hall–Kier alpha value is -5.12. The van der Waals surface area contributed by atoms with Crippen LogP contribution in [0.25, 0.3) is 43.1 Å². The van der Waals surface area contributed by atoms with E-state index >= 15 is 0 Å². The minimum atomic E-state index is -5.32. The van der Waals surface area contributed by atoms with Crippen LogP contribution >= 0.6 is 0 Å². The van der Waals surface area contributed by atoms with Crippen molar-refractivity contribution >= 4 is 43.1 Å². The zero-order valence-electron chi connectivity index (χ0n) is 24.3. The summed E-state index contributed by atoms with van der Waals surface area (Å²) in [5.74, 6) is 2.57. The van der Waals surface area contributed by atoms with Gasteiger partial charge in [0.05, 0.1) is 0 Å². The van der Waals surface area contributed by atoms with E-state index in [2.05, 4.69) is 72.8 Å². The average molecular weight is 664 g/mol. The van der Waals surface area contributed by atoms with Crippen LogP contribution < -0.4 is 11.3 Å². The van der Waals surface area contributed by atoms with Crippen molar-refractivity contribution < 1.29 is 33.3 Å². The predicted molar refractivity (Wildman–Crippen MR) is 178 cm³/mol. The molecule has 0 radical (unpaired) electrons. The van der Waals surface area contributed by atoms with Crippen LogP contribution in [0, 0.1) is 0 Å². The fraction of sp³-hybridized carbons (Fsp3) is 0. The summed E-state index contributed by atoms with van der Waals surface area (Å²) in [5.41, 5.74) is 0. The Morgan fingerprint density at radius 2 is 0.467 bits per heavy atom. The van der Waals surface area contributed by atoms with Gasteiger partial charge >= 0.3 is 269 Å². The van der Waals surface area contributed by atoms with E-state index in [1.165, 1.54) is 0 Å². The van der Waals surface area contributed by atoms with Gasteiger partial charge in [-0.2, -0.15) is 0 Å². The van der Waals surface area contributed by atoms with Gasteiger partial charge in [0.2, 0.25) is 0 Å². The van der Waals surface area contributed by atoms with Crippen LogP contribution in [0.4, 0.5) is 0 Å². The summed E-state index contributed by atoms with van der Waals surface area (Å²) < 4.78 is 28.5. The topological polar surface area (TPSA) is 36.9 Å². The summed E-state index contributed by atoms with van der Waals surface area (Å²) in [6.45, 7) is 0. The number of rotatable bonds is 8. The Kier molecular flexibility index (Phi) is 7.17. The van der Waals surface area contributed by atoms with Crippen molar-refractivity contribution in [2.45, 2.75) is 0 Å². The number of hydrogen-bond donors (Lipinski definition) is 0. The molecule has 0 aliphatic carbocycles. The van der Waals surface area contributed by atoms with Gasteiger partial charge in [0.15, 0.2) is 0 Å². The molecule has 0 heterocycles. The van der Waals surface area contributed by atoms with Gasteiger partial charge in [-0.1, -0.05) is 0 Å². The fourth-order valence-electron chi connectivity index (χ4n) is 5.80. The first kappa shape index (κ1) is 27.4. The molecule has 4 nitrogen and oxygen atoms in total. The van der Waals surface area contributed by atoms with Crippen LogP contribution in [0.15, 0.2) is 170 Å². The van der Waals surface area contributed by atoms with Crippen molar-refractivity contribution in [1.82, 2.24) is 0 Å². The molecule has 0 aliphatic heterocycles. The molecule has 0 aliphatic rings. The first-order valence-corrected chi connectivity index (χ1v) is 18.9. The molecule has 0 saturated carbocycles. The van der Waals surface area contributed by atoms with Crippen molar-refractivity contribution in [2.24, 2.45) is 0 Å². The normalized spacial score (nSPS) is 11.6. The van der Waals surface area contributed by atoms with Gasteiger partial charge in [0, 0.05) is 0 Å². The molecule has 0 spiro atoms. The summed E-state index contributed by atoms with van der Waals surface area (Å²) in [4.78, 5) is 0. The van der Waals surface area contributed by atoms with Gasteiger partial charge < -0.3 is 0 Å². The van der Waals surface area contributed by atoms with E-state index in [9.17, 15) is 0 Å². The van der Waals surface area contributed by atoms with Crippen molar-refractivity contribution in [1.29, 1.82) is 0 Å². The second kappa shape index (κ2) is 11.8. The maximum absolute atomic E-state index is 7.12. The average Bonchev–Trinajstić information content (AvgIpc) is 3.09. The monoisotopic (exact) mass is 662 g/mol. The maximum atomic E-state index is 7.12. The van der Waals surface area contributed by atoms with Gasteiger partial charge in [-0.3, -0.25) is 0 Å². The van der Waals surface area contributed by atoms with Crippen LogP contribution in [0.3, 0.4) is 0 Å². The van der Waals surface area contributed by atoms with Crippen LogP contribution in [0.1, 0.15) is 0 Å². The Morgan fingerprint density at radius 3 is 0.733 bits per heavy atom. The van der Waals surface area contributed by atoms with E-state index in [-0.39, 0.29) is 0 Å². The molecular weight excluding hydrogens is 636 g/mol. The minimum absolute atomic E-state index is 0.643. The van der Waals surface area contributed by atoms with Crippen molar-refractivity contribution in [3.05, 3.63) is 170 Å². The summed E-state index contributed by atoms with van der Waals surface area (Å²) in [5, 5.41) is 8.00. The van der Waals surface area contributed by atoms with Crippen molar-refractivity contribution in [2.75, 3.05) is 0 Å². The molecule has 0 unspecified atom stereocenters. The van der Waals surface area contributed by atoms with E-state index in [0.29, 0.717) is 23.0 Å². The number of hydrogen-bond acceptors (Lipinski definition) is 4. The SMILES string of the molecule is c1ccc2c([O][Zr]([O]c3cccc4ccccc34)([O]c3cccc4ccccc34)[O]c3cccc4ccccc34)cccc2c1. The molecule has 8 rings (SSSR count). The zero-order valence-corrected chi connectivity index (χ0v) is 26.8. The molecule has 8 aromatic rings. The van der Waals surface area contributed by atoms with E-state index < -0.39 is 22.0 Å². The van der Waals surface area contributed by atoms with E-state index in [1.54, 1.807) is 0 Å². The molecule has 0 amide bonds. The molecule has 8 aromatic carbocycles. The van der Waals surface area contributed by atoms with Crippen LogP contribution in [-0.2, 0) is 22.0 Å². The molecular formula is C40H28O4Zr. The Bertz CT molecular complexity index is 1960. The predicted octanol–water partition coefficient (Wildman–Crippen LogP) is 10.7. The first-order valence-electron chi connectivity index (χ1n) is 14.9. The summed E-state index contributed by atoms with van der Waals surface area (Å²) in [7, 11) is 0. The van der Waals surface area contributed by atoms with E-state index in [1.807, 2.05) is 97.1 Å². The molecule has 45 heavy (non-hydrogen) atoms. The molecule has 0 fully saturated rings. The third kappa shape index (κ3) is 5.41. The quantitative estimate of drug-likeness (QED) is 0.162. The van der Waals surface area contributed by atoms with Crippen LogP contribution in [0.5, 0.6) is 23.0 Å². The van der Waals surface area contributed by atoms with Gasteiger partial charge in [-0.15, -0.1) is 0 Å². The zero-order chi connectivity index (χ0) is 30.1. The standard InChI is InChI=1S/4C10H8O.Zr/c4*11-10-7-3-5-8-4-1-2-6-9(8)10;/h4*1-7,11H;/q;;;;+4/p-4. The van der Waals surface area contributed by atoms with Crippen LogP contribution in [-0.4, -0.2) is 0 Å². The number of benzene rings is 8. The third-order valence-corrected chi connectivity index (χ3v) is 12.6. The molecule has 0 atom stereocenters. The Balaban J connectivity index is 1.38. The second-order valence-corrected chi connectivity index (χ2v) is 15.3. The molecule has 216 valence electrons. The molecule has 0 saturated heterocycles. The Labute approximate surface area is 267 Å². The molecule has 0 aromatic heterocycles. The van der Waals surface area contributed by atoms with Crippen LogP contribution in [0.2, 0.25) is 0 Å².